The summed E-state index contributed by atoms with van der Waals surface area (Å²) in [5, 5.41) is 7.68. The Labute approximate surface area is 136 Å². The SMILES string of the molecule is CSc1ccc2nc(NC(=O)c3ccn(C(C)C)n3)sc2c1. The molecule has 22 heavy (non-hydrogen) atoms. The molecule has 0 atom stereocenters. The van der Waals surface area contributed by atoms with Crippen LogP contribution in [0.1, 0.15) is 30.4 Å². The van der Waals surface area contributed by atoms with E-state index in [0.717, 1.165) is 10.2 Å². The van der Waals surface area contributed by atoms with E-state index in [1.807, 2.05) is 38.4 Å². The van der Waals surface area contributed by atoms with Gasteiger partial charge < -0.3 is 0 Å². The van der Waals surface area contributed by atoms with Gasteiger partial charge in [-0.15, -0.1) is 11.8 Å². The van der Waals surface area contributed by atoms with Crippen molar-refractivity contribution >= 4 is 44.4 Å². The van der Waals surface area contributed by atoms with Crippen molar-refractivity contribution in [2.24, 2.45) is 0 Å². The van der Waals surface area contributed by atoms with Crippen LogP contribution in [-0.2, 0) is 0 Å². The van der Waals surface area contributed by atoms with Crippen molar-refractivity contribution < 1.29 is 4.79 Å². The molecule has 0 saturated heterocycles. The molecule has 0 spiro atoms. The van der Waals surface area contributed by atoms with Crippen molar-refractivity contribution in [1.29, 1.82) is 0 Å². The molecule has 114 valence electrons. The molecular formula is C15H16N4OS2. The average Bonchev–Trinajstić information content (AvgIpc) is 3.12. The normalized spacial score (nSPS) is 11.3. The van der Waals surface area contributed by atoms with E-state index in [1.54, 1.807) is 22.5 Å². The second-order valence-corrected chi connectivity index (χ2v) is 6.99. The third-order valence-electron chi connectivity index (χ3n) is 3.19. The van der Waals surface area contributed by atoms with Crippen molar-refractivity contribution in [3.05, 3.63) is 36.2 Å². The molecule has 1 N–H and O–H groups in total. The number of amides is 1. The fourth-order valence-corrected chi connectivity index (χ4v) is 3.41. The highest BCUT2D eigenvalue weighted by Crippen LogP contribution is 2.29. The van der Waals surface area contributed by atoms with Gasteiger partial charge in [0.1, 0.15) is 0 Å². The van der Waals surface area contributed by atoms with E-state index in [-0.39, 0.29) is 11.9 Å². The standard InChI is InChI=1S/C15H16N4OS2/c1-9(2)19-7-6-12(18-19)14(20)17-15-16-11-5-4-10(21-3)8-13(11)22-15/h4-9H,1-3H3,(H,16,17,20). The van der Waals surface area contributed by atoms with Crippen LogP contribution >= 0.6 is 23.1 Å². The third-order valence-corrected chi connectivity index (χ3v) is 4.85. The molecule has 3 aromatic rings. The first-order valence-corrected chi connectivity index (χ1v) is 8.92. The van der Waals surface area contributed by atoms with Crippen LogP contribution in [0.2, 0.25) is 0 Å². The lowest BCUT2D eigenvalue weighted by atomic mass is 10.3. The molecule has 1 amide bonds. The van der Waals surface area contributed by atoms with Crippen LogP contribution in [-0.4, -0.2) is 26.9 Å². The minimum absolute atomic E-state index is 0.231. The Bertz CT molecular complexity index is 822. The van der Waals surface area contributed by atoms with Gasteiger partial charge in [0, 0.05) is 17.1 Å². The van der Waals surface area contributed by atoms with E-state index in [0.29, 0.717) is 10.8 Å². The number of nitrogens with zero attached hydrogens (tertiary/aromatic N) is 3. The molecule has 7 heteroatoms. The second-order valence-electron chi connectivity index (χ2n) is 5.08. The molecule has 0 aliphatic heterocycles. The Hall–Kier alpha value is -1.86. The van der Waals surface area contributed by atoms with Gasteiger partial charge >= 0.3 is 0 Å². The highest BCUT2D eigenvalue weighted by molar-refractivity contribution is 7.98. The van der Waals surface area contributed by atoms with E-state index in [9.17, 15) is 4.79 Å². The summed E-state index contributed by atoms with van der Waals surface area (Å²) in [4.78, 5) is 17.8. The minimum atomic E-state index is -0.233. The molecule has 2 aromatic heterocycles. The van der Waals surface area contributed by atoms with Gasteiger partial charge in [0.2, 0.25) is 0 Å². The molecule has 0 aliphatic carbocycles. The molecular weight excluding hydrogens is 316 g/mol. The number of thiazole rings is 1. The van der Waals surface area contributed by atoms with Gasteiger partial charge in [-0.25, -0.2) is 4.98 Å². The van der Waals surface area contributed by atoms with Crippen molar-refractivity contribution in [2.45, 2.75) is 24.8 Å². The zero-order valence-electron chi connectivity index (χ0n) is 12.5. The molecule has 0 unspecified atom stereocenters. The number of fused-ring (bicyclic) bond motifs is 1. The van der Waals surface area contributed by atoms with Crippen molar-refractivity contribution in [1.82, 2.24) is 14.8 Å². The fraction of sp³-hybridized carbons (Fsp3) is 0.267. The third kappa shape index (κ3) is 3.00. The highest BCUT2D eigenvalue weighted by atomic mass is 32.2. The van der Waals surface area contributed by atoms with Gasteiger partial charge in [0.25, 0.3) is 5.91 Å². The Morgan fingerprint density at radius 2 is 2.18 bits per heavy atom. The quantitative estimate of drug-likeness (QED) is 0.732. The number of thioether (sulfide) groups is 1. The lowest BCUT2D eigenvalue weighted by Crippen LogP contribution is -2.13. The summed E-state index contributed by atoms with van der Waals surface area (Å²) in [5.74, 6) is -0.233. The lowest BCUT2D eigenvalue weighted by molar-refractivity contribution is 0.102. The summed E-state index contributed by atoms with van der Waals surface area (Å²) in [6.45, 7) is 4.04. The summed E-state index contributed by atoms with van der Waals surface area (Å²) in [5.41, 5.74) is 1.29. The topological polar surface area (TPSA) is 59.8 Å². The van der Waals surface area contributed by atoms with Crippen LogP contribution in [0, 0.1) is 0 Å². The van der Waals surface area contributed by atoms with Crippen molar-refractivity contribution in [2.75, 3.05) is 11.6 Å². The Kier molecular flexibility index (Phi) is 4.17. The molecule has 5 nitrogen and oxygen atoms in total. The number of benzene rings is 1. The number of carbonyl (C=O) groups is 1. The van der Waals surface area contributed by atoms with Crippen LogP contribution in [0.3, 0.4) is 0 Å². The van der Waals surface area contributed by atoms with Crippen LogP contribution in [0.15, 0.2) is 35.4 Å². The summed E-state index contributed by atoms with van der Waals surface area (Å²) in [6, 6.07) is 8.03. The molecule has 0 fully saturated rings. The van der Waals surface area contributed by atoms with Crippen molar-refractivity contribution in [3.63, 3.8) is 0 Å². The zero-order chi connectivity index (χ0) is 15.7. The van der Waals surface area contributed by atoms with E-state index in [2.05, 4.69) is 21.5 Å². The number of rotatable bonds is 4. The number of aromatic nitrogens is 3. The van der Waals surface area contributed by atoms with Gasteiger partial charge in [-0.1, -0.05) is 11.3 Å². The maximum atomic E-state index is 12.2. The average molecular weight is 332 g/mol. The van der Waals surface area contributed by atoms with Gasteiger partial charge in [0.05, 0.1) is 10.2 Å². The largest absolute Gasteiger partial charge is 0.296 e. The van der Waals surface area contributed by atoms with Crippen LogP contribution < -0.4 is 5.32 Å². The molecule has 1 aromatic carbocycles. The monoisotopic (exact) mass is 332 g/mol. The van der Waals surface area contributed by atoms with Crippen LogP contribution in [0.4, 0.5) is 5.13 Å². The Balaban J connectivity index is 1.81. The molecule has 0 radical (unpaired) electrons. The lowest BCUT2D eigenvalue weighted by Gasteiger charge is -2.03. The minimum Gasteiger partial charge on any atom is -0.296 e. The first-order chi connectivity index (χ1) is 10.6. The van der Waals surface area contributed by atoms with E-state index < -0.39 is 0 Å². The van der Waals surface area contributed by atoms with Crippen LogP contribution in [0.5, 0.6) is 0 Å². The van der Waals surface area contributed by atoms with Gasteiger partial charge in [-0.3, -0.25) is 14.8 Å². The molecule has 0 saturated carbocycles. The van der Waals surface area contributed by atoms with E-state index in [4.69, 9.17) is 0 Å². The number of anilines is 1. The summed E-state index contributed by atoms with van der Waals surface area (Å²) >= 11 is 3.16. The molecule has 3 rings (SSSR count). The summed E-state index contributed by atoms with van der Waals surface area (Å²) in [6.07, 6.45) is 3.85. The zero-order valence-corrected chi connectivity index (χ0v) is 14.2. The fourth-order valence-electron chi connectivity index (χ4n) is 1.99. The van der Waals surface area contributed by atoms with Gasteiger partial charge in [0.15, 0.2) is 10.8 Å². The number of carbonyl (C=O) groups excluding carboxylic acids is 1. The van der Waals surface area contributed by atoms with Gasteiger partial charge in [-0.05, 0) is 44.4 Å². The van der Waals surface area contributed by atoms with Crippen LogP contribution in [0.25, 0.3) is 10.2 Å². The molecule has 0 aliphatic rings. The summed E-state index contributed by atoms with van der Waals surface area (Å²) in [7, 11) is 0. The Morgan fingerprint density at radius 1 is 1.36 bits per heavy atom. The predicted molar refractivity (Wildman–Crippen MR) is 92.0 cm³/mol. The number of hydrogen-bond acceptors (Lipinski definition) is 5. The van der Waals surface area contributed by atoms with Crippen molar-refractivity contribution in [3.8, 4) is 0 Å². The smallest absolute Gasteiger partial charge is 0.277 e. The first-order valence-electron chi connectivity index (χ1n) is 6.88. The highest BCUT2D eigenvalue weighted by Gasteiger charge is 2.13. The van der Waals surface area contributed by atoms with E-state index >= 15 is 0 Å². The second kappa shape index (κ2) is 6.10. The molecule has 0 bridgehead atoms. The Morgan fingerprint density at radius 3 is 2.86 bits per heavy atom. The van der Waals surface area contributed by atoms with Gasteiger partial charge in [-0.2, -0.15) is 5.10 Å². The predicted octanol–water partition coefficient (Wildman–Crippen LogP) is 4.05. The maximum absolute atomic E-state index is 12.2. The molecule has 2 heterocycles. The van der Waals surface area contributed by atoms with E-state index in [1.165, 1.54) is 16.2 Å². The summed E-state index contributed by atoms with van der Waals surface area (Å²) < 4.78 is 2.83. The maximum Gasteiger partial charge on any atom is 0.277 e. The first kappa shape index (κ1) is 15.1. The number of hydrogen-bond donors (Lipinski definition) is 1. The number of nitrogens with one attached hydrogen (secondary N) is 1.